The van der Waals surface area contributed by atoms with Crippen molar-refractivity contribution in [3.05, 3.63) is 17.0 Å². The minimum atomic E-state index is 0.266. The van der Waals surface area contributed by atoms with Crippen LogP contribution < -0.4 is 0 Å². The summed E-state index contributed by atoms with van der Waals surface area (Å²) in [6.07, 6.45) is 0. The second kappa shape index (κ2) is 6.61. The summed E-state index contributed by atoms with van der Waals surface area (Å²) in [5.74, 6) is 1.88. The van der Waals surface area contributed by atoms with E-state index in [1.807, 2.05) is 17.8 Å². The zero-order valence-electron chi connectivity index (χ0n) is 9.28. The van der Waals surface area contributed by atoms with E-state index in [-0.39, 0.29) is 5.78 Å². The van der Waals surface area contributed by atoms with Gasteiger partial charge in [-0.05, 0) is 17.9 Å². The monoisotopic (exact) mass is 260 g/mol. The number of Topliss-reactive ketones (excluding diaryl/α,β-unsaturated/α-hetero) is 1. The van der Waals surface area contributed by atoms with Crippen LogP contribution in [0.15, 0.2) is 16.3 Å². The summed E-state index contributed by atoms with van der Waals surface area (Å²) in [6.45, 7) is 6.41. The van der Waals surface area contributed by atoms with E-state index >= 15 is 0 Å². The first kappa shape index (κ1) is 13.1. The Labute approximate surface area is 104 Å². The molecule has 4 heteroatoms. The largest absolute Gasteiger partial charge is 0.292 e. The SMILES string of the molecule is CCSCC(=O)c1ccc(SC(C)C)s1. The molecule has 0 N–H and O–H groups in total. The number of thioether (sulfide) groups is 2. The summed E-state index contributed by atoms with van der Waals surface area (Å²) in [5, 5.41) is 0.580. The van der Waals surface area contributed by atoms with Crippen LogP contribution in [-0.4, -0.2) is 22.5 Å². The van der Waals surface area contributed by atoms with Gasteiger partial charge in [-0.2, -0.15) is 11.8 Å². The van der Waals surface area contributed by atoms with Gasteiger partial charge in [0.1, 0.15) is 0 Å². The van der Waals surface area contributed by atoms with Gasteiger partial charge >= 0.3 is 0 Å². The molecule has 0 bridgehead atoms. The molecule has 84 valence electrons. The van der Waals surface area contributed by atoms with Crippen molar-refractivity contribution in [2.75, 3.05) is 11.5 Å². The van der Waals surface area contributed by atoms with Crippen molar-refractivity contribution < 1.29 is 4.79 Å². The van der Waals surface area contributed by atoms with Crippen LogP contribution in [0.5, 0.6) is 0 Å². The Kier molecular flexibility index (Phi) is 5.79. The Morgan fingerprint density at radius 2 is 2.20 bits per heavy atom. The number of rotatable bonds is 6. The standard InChI is InChI=1S/C11H16OS3/c1-4-13-7-9(12)10-5-6-11(15-10)14-8(2)3/h5-6,8H,4,7H2,1-3H3. The maximum atomic E-state index is 11.7. The Morgan fingerprint density at radius 3 is 2.80 bits per heavy atom. The molecular formula is C11H16OS3. The van der Waals surface area contributed by atoms with E-state index < -0.39 is 0 Å². The molecule has 0 spiro atoms. The van der Waals surface area contributed by atoms with Crippen molar-refractivity contribution in [1.82, 2.24) is 0 Å². The number of carbonyl (C=O) groups is 1. The number of hydrogen-bond donors (Lipinski definition) is 0. The molecule has 15 heavy (non-hydrogen) atoms. The fourth-order valence-corrected chi connectivity index (χ4v) is 3.99. The molecule has 1 nitrogen and oxygen atoms in total. The molecule has 0 radical (unpaired) electrons. The molecule has 0 aliphatic heterocycles. The Balaban J connectivity index is 2.55. The lowest BCUT2D eigenvalue weighted by atomic mass is 10.4. The van der Waals surface area contributed by atoms with Gasteiger partial charge in [0.2, 0.25) is 0 Å². The second-order valence-corrected chi connectivity index (χ2v) is 7.58. The average Bonchev–Trinajstić information content (AvgIpc) is 2.61. The minimum absolute atomic E-state index is 0.266. The summed E-state index contributed by atoms with van der Waals surface area (Å²) in [6, 6.07) is 4.01. The number of carbonyl (C=O) groups excluding carboxylic acids is 1. The van der Waals surface area contributed by atoms with E-state index in [9.17, 15) is 4.79 Å². The van der Waals surface area contributed by atoms with Crippen LogP contribution >= 0.6 is 34.9 Å². The molecule has 0 aromatic carbocycles. The minimum Gasteiger partial charge on any atom is -0.292 e. The Bertz CT molecular complexity index is 317. The van der Waals surface area contributed by atoms with Crippen molar-refractivity contribution in [3.63, 3.8) is 0 Å². The van der Waals surface area contributed by atoms with Crippen LogP contribution in [0.1, 0.15) is 30.4 Å². The predicted molar refractivity (Wildman–Crippen MR) is 72.6 cm³/mol. The highest BCUT2D eigenvalue weighted by Crippen LogP contribution is 2.30. The predicted octanol–water partition coefficient (Wildman–Crippen LogP) is 4.18. The van der Waals surface area contributed by atoms with E-state index in [1.54, 1.807) is 23.1 Å². The first-order valence-electron chi connectivity index (χ1n) is 5.01. The van der Waals surface area contributed by atoms with E-state index in [2.05, 4.69) is 26.8 Å². The zero-order valence-corrected chi connectivity index (χ0v) is 11.7. The van der Waals surface area contributed by atoms with Crippen LogP contribution in [0.2, 0.25) is 0 Å². The highest BCUT2D eigenvalue weighted by Gasteiger charge is 2.09. The van der Waals surface area contributed by atoms with Crippen molar-refractivity contribution in [1.29, 1.82) is 0 Å². The van der Waals surface area contributed by atoms with E-state index in [0.29, 0.717) is 11.0 Å². The molecular weight excluding hydrogens is 244 g/mol. The molecule has 0 aliphatic rings. The third-order valence-electron chi connectivity index (χ3n) is 1.65. The van der Waals surface area contributed by atoms with Gasteiger partial charge in [0.25, 0.3) is 0 Å². The van der Waals surface area contributed by atoms with Gasteiger partial charge in [-0.15, -0.1) is 23.1 Å². The quantitative estimate of drug-likeness (QED) is 0.564. The lowest BCUT2D eigenvalue weighted by molar-refractivity contribution is 0.102. The normalized spacial score (nSPS) is 10.9. The number of hydrogen-bond acceptors (Lipinski definition) is 4. The first-order chi connectivity index (χ1) is 7.13. The van der Waals surface area contributed by atoms with Gasteiger partial charge in [-0.3, -0.25) is 4.79 Å². The fourth-order valence-electron chi connectivity index (χ4n) is 1.03. The topological polar surface area (TPSA) is 17.1 Å². The van der Waals surface area contributed by atoms with E-state index in [1.165, 1.54) is 4.21 Å². The summed E-state index contributed by atoms with van der Waals surface area (Å²) in [4.78, 5) is 12.6. The summed E-state index contributed by atoms with van der Waals surface area (Å²) >= 11 is 5.12. The lowest BCUT2D eigenvalue weighted by Crippen LogP contribution is -1.99. The maximum Gasteiger partial charge on any atom is 0.182 e. The van der Waals surface area contributed by atoms with Crippen molar-refractivity contribution in [3.8, 4) is 0 Å². The number of thiophene rings is 1. The number of ketones is 1. The first-order valence-corrected chi connectivity index (χ1v) is 7.86. The summed E-state index contributed by atoms with van der Waals surface area (Å²) in [5.41, 5.74) is 0. The Morgan fingerprint density at radius 1 is 1.47 bits per heavy atom. The van der Waals surface area contributed by atoms with Crippen LogP contribution in [0, 0.1) is 0 Å². The highest BCUT2D eigenvalue weighted by molar-refractivity contribution is 8.01. The third kappa shape index (κ3) is 4.62. The lowest BCUT2D eigenvalue weighted by Gasteiger charge is -1.99. The van der Waals surface area contributed by atoms with Gasteiger partial charge in [-0.1, -0.05) is 20.8 Å². The van der Waals surface area contributed by atoms with Crippen molar-refractivity contribution in [2.24, 2.45) is 0 Å². The molecule has 0 fully saturated rings. The van der Waals surface area contributed by atoms with Gasteiger partial charge in [0.05, 0.1) is 14.8 Å². The van der Waals surface area contributed by atoms with Gasteiger partial charge < -0.3 is 0 Å². The van der Waals surface area contributed by atoms with Crippen LogP contribution in [-0.2, 0) is 0 Å². The summed E-state index contributed by atoms with van der Waals surface area (Å²) < 4.78 is 1.25. The van der Waals surface area contributed by atoms with Crippen molar-refractivity contribution in [2.45, 2.75) is 30.2 Å². The van der Waals surface area contributed by atoms with Crippen LogP contribution in [0.3, 0.4) is 0 Å². The molecule has 0 atom stereocenters. The molecule has 0 unspecified atom stereocenters. The highest BCUT2D eigenvalue weighted by atomic mass is 32.2. The molecule has 1 aromatic heterocycles. The fraction of sp³-hybridized carbons (Fsp3) is 0.545. The Hall–Kier alpha value is 0.0700. The second-order valence-electron chi connectivity index (χ2n) is 3.35. The third-order valence-corrected chi connectivity index (χ3v) is 4.82. The summed E-state index contributed by atoms with van der Waals surface area (Å²) in [7, 11) is 0. The molecule has 0 saturated carbocycles. The van der Waals surface area contributed by atoms with Gasteiger partial charge in [0, 0.05) is 5.25 Å². The molecule has 1 heterocycles. The van der Waals surface area contributed by atoms with Crippen LogP contribution in [0.4, 0.5) is 0 Å². The van der Waals surface area contributed by atoms with Crippen LogP contribution in [0.25, 0.3) is 0 Å². The average molecular weight is 260 g/mol. The van der Waals surface area contributed by atoms with Gasteiger partial charge in [0.15, 0.2) is 5.78 Å². The van der Waals surface area contributed by atoms with Crippen molar-refractivity contribution >= 4 is 40.6 Å². The molecule has 1 aromatic rings. The molecule has 0 amide bonds. The smallest absolute Gasteiger partial charge is 0.182 e. The molecule has 1 rings (SSSR count). The maximum absolute atomic E-state index is 11.7. The van der Waals surface area contributed by atoms with Gasteiger partial charge in [-0.25, -0.2) is 0 Å². The zero-order chi connectivity index (χ0) is 11.3. The molecule has 0 saturated heterocycles. The van der Waals surface area contributed by atoms with E-state index in [4.69, 9.17) is 0 Å². The molecule has 0 aliphatic carbocycles. The van der Waals surface area contributed by atoms with E-state index in [0.717, 1.165) is 10.6 Å².